The van der Waals surface area contributed by atoms with Gasteiger partial charge < -0.3 is 24.4 Å². The molecule has 3 rings (SSSR count). The fourth-order valence-corrected chi connectivity index (χ4v) is 3.64. The lowest BCUT2D eigenvalue weighted by Crippen LogP contribution is -2.41. The summed E-state index contributed by atoms with van der Waals surface area (Å²) in [5, 5.41) is 2.86. The van der Waals surface area contributed by atoms with E-state index in [9.17, 15) is 14.4 Å². The predicted molar refractivity (Wildman–Crippen MR) is 122 cm³/mol. The predicted octanol–water partition coefficient (Wildman–Crippen LogP) is 2.21. The lowest BCUT2D eigenvalue weighted by atomic mass is 10.1. The summed E-state index contributed by atoms with van der Waals surface area (Å²) in [4.78, 5) is 40.6. The number of hydrogen-bond acceptors (Lipinski definition) is 7. The molecule has 1 aliphatic heterocycles. The fourth-order valence-electron chi connectivity index (χ4n) is 3.25. The van der Waals surface area contributed by atoms with Gasteiger partial charge in [-0.25, -0.2) is 0 Å². The van der Waals surface area contributed by atoms with E-state index < -0.39 is 23.8 Å². The smallest absolute Gasteiger partial charge is 0.325 e. The molecule has 2 amide bonds. The Morgan fingerprint density at radius 3 is 2.06 bits per heavy atom. The van der Waals surface area contributed by atoms with Crippen molar-refractivity contribution < 1.29 is 28.6 Å². The van der Waals surface area contributed by atoms with E-state index in [0.717, 1.165) is 0 Å². The van der Waals surface area contributed by atoms with E-state index in [1.54, 1.807) is 55.6 Å². The van der Waals surface area contributed by atoms with Gasteiger partial charge in [0.15, 0.2) is 5.11 Å². The minimum absolute atomic E-state index is 0.118. The molecule has 2 aromatic rings. The number of anilines is 2. The Morgan fingerprint density at radius 2 is 1.53 bits per heavy atom. The number of ether oxygens (including phenoxy) is 3. The Labute approximate surface area is 190 Å². The van der Waals surface area contributed by atoms with Crippen molar-refractivity contribution in [3.8, 4) is 11.5 Å². The maximum atomic E-state index is 13.2. The number of amides is 2. The molecular weight excluding hydrogens is 434 g/mol. The van der Waals surface area contributed by atoms with Crippen molar-refractivity contribution in [2.45, 2.75) is 12.5 Å². The Bertz CT molecular complexity index is 1010. The maximum Gasteiger partial charge on any atom is 0.325 e. The van der Waals surface area contributed by atoms with Crippen LogP contribution < -0.4 is 19.7 Å². The molecule has 0 saturated carbocycles. The molecule has 2 aromatic carbocycles. The van der Waals surface area contributed by atoms with Crippen LogP contribution in [0.15, 0.2) is 48.5 Å². The van der Waals surface area contributed by atoms with Gasteiger partial charge in [-0.2, -0.15) is 0 Å². The lowest BCUT2D eigenvalue weighted by Gasteiger charge is -2.22. The van der Waals surface area contributed by atoms with E-state index in [2.05, 4.69) is 5.32 Å². The zero-order chi connectivity index (χ0) is 23.3. The van der Waals surface area contributed by atoms with Crippen LogP contribution in [0.4, 0.5) is 11.4 Å². The molecule has 1 N–H and O–H groups in total. The summed E-state index contributed by atoms with van der Waals surface area (Å²) in [7, 11) is 4.33. The van der Waals surface area contributed by atoms with Gasteiger partial charge in [0.05, 0.1) is 33.4 Å². The first-order valence-electron chi connectivity index (χ1n) is 9.67. The molecule has 0 radical (unpaired) electrons. The van der Waals surface area contributed by atoms with Gasteiger partial charge in [-0.1, -0.05) is 0 Å². The van der Waals surface area contributed by atoms with Crippen molar-refractivity contribution in [1.29, 1.82) is 0 Å². The third-order valence-corrected chi connectivity index (χ3v) is 5.35. The standard InChI is InChI=1S/C22H23N3O6S/c1-29-16-8-4-14(5-9-16)23-19(26)12-18-21(28)25(15-6-10-17(30-2)11-7-15)22(32)24(18)13-20(27)31-3/h4-11,18H,12-13H2,1-3H3,(H,23,26). The number of nitrogens with one attached hydrogen (secondary N) is 1. The van der Waals surface area contributed by atoms with Crippen molar-refractivity contribution in [3.63, 3.8) is 0 Å². The van der Waals surface area contributed by atoms with Gasteiger partial charge in [0.2, 0.25) is 5.91 Å². The lowest BCUT2D eigenvalue weighted by molar-refractivity contribution is -0.141. The fraction of sp³-hybridized carbons (Fsp3) is 0.273. The molecule has 0 spiro atoms. The van der Waals surface area contributed by atoms with Crippen LogP contribution in [-0.2, 0) is 19.1 Å². The number of carbonyl (C=O) groups is 3. The van der Waals surface area contributed by atoms with Gasteiger partial charge in [-0.15, -0.1) is 0 Å². The number of esters is 1. The number of carbonyl (C=O) groups excluding carboxylic acids is 3. The minimum Gasteiger partial charge on any atom is -0.497 e. The molecular formula is C22H23N3O6S. The second kappa shape index (κ2) is 10.1. The van der Waals surface area contributed by atoms with Crippen LogP contribution in [0, 0.1) is 0 Å². The number of hydrogen-bond donors (Lipinski definition) is 1. The number of thiocarbonyl (C=S) groups is 1. The Kier molecular flexibility index (Phi) is 7.26. The van der Waals surface area contributed by atoms with Crippen molar-refractivity contribution in [1.82, 2.24) is 4.90 Å². The largest absolute Gasteiger partial charge is 0.497 e. The quantitative estimate of drug-likeness (QED) is 0.476. The van der Waals surface area contributed by atoms with Crippen LogP contribution in [0.3, 0.4) is 0 Å². The number of methoxy groups -OCH3 is 3. The maximum absolute atomic E-state index is 13.2. The molecule has 32 heavy (non-hydrogen) atoms. The van der Waals surface area contributed by atoms with Crippen LogP contribution in [-0.4, -0.2) is 61.7 Å². The molecule has 0 aromatic heterocycles. The second-order valence-corrected chi connectivity index (χ2v) is 7.22. The highest BCUT2D eigenvalue weighted by atomic mass is 32.1. The van der Waals surface area contributed by atoms with E-state index in [0.29, 0.717) is 22.9 Å². The molecule has 1 saturated heterocycles. The molecule has 9 nitrogen and oxygen atoms in total. The van der Waals surface area contributed by atoms with Crippen LogP contribution >= 0.6 is 12.2 Å². The second-order valence-electron chi connectivity index (χ2n) is 6.85. The van der Waals surface area contributed by atoms with E-state index in [1.165, 1.54) is 24.0 Å². The third-order valence-electron chi connectivity index (χ3n) is 4.93. The summed E-state index contributed by atoms with van der Waals surface area (Å²) < 4.78 is 15.0. The van der Waals surface area contributed by atoms with Crippen molar-refractivity contribution in [3.05, 3.63) is 48.5 Å². The zero-order valence-corrected chi connectivity index (χ0v) is 18.7. The highest BCUT2D eigenvalue weighted by molar-refractivity contribution is 7.80. The molecule has 1 aliphatic rings. The highest BCUT2D eigenvalue weighted by Crippen LogP contribution is 2.29. The van der Waals surface area contributed by atoms with Crippen LogP contribution in [0.1, 0.15) is 6.42 Å². The molecule has 1 atom stereocenters. The molecule has 1 fully saturated rings. The van der Waals surface area contributed by atoms with E-state index in [-0.39, 0.29) is 18.1 Å². The van der Waals surface area contributed by atoms with Gasteiger partial charge in [-0.05, 0) is 60.7 Å². The van der Waals surface area contributed by atoms with E-state index in [1.807, 2.05) is 0 Å². The Balaban J connectivity index is 1.81. The van der Waals surface area contributed by atoms with E-state index in [4.69, 9.17) is 26.4 Å². The number of benzene rings is 2. The molecule has 1 heterocycles. The monoisotopic (exact) mass is 457 g/mol. The summed E-state index contributed by atoms with van der Waals surface area (Å²) in [6.45, 7) is -0.256. The Morgan fingerprint density at radius 1 is 0.969 bits per heavy atom. The summed E-state index contributed by atoms with van der Waals surface area (Å²) in [6, 6.07) is 12.6. The van der Waals surface area contributed by atoms with Gasteiger partial charge in [-0.3, -0.25) is 19.3 Å². The van der Waals surface area contributed by atoms with E-state index >= 15 is 0 Å². The zero-order valence-electron chi connectivity index (χ0n) is 17.9. The number of rotatable bonds is 8. The Hall–Kier alpha value is -3.66. The first-order valence-corrected chi connectivity index (χ1v) is 10.1. The normalized spacial score (nSPS) is 15.5. The van der Waals surface area contributed by atoms with Crippen molar-refractivity contribution in [2.24, 2.45) is 0 Å². The molecule has 10 heteroatoms. The summed E-state index contributed by atoms with van der Waals surface area (Å²) in [5.41, 5.74) is 1.06. The van der Waals surface area contributed by atoms with Gasteiger partial charge in [0.1, 0.15) is 24.1 Å². The van der Waals surface area contributed by atoms with Crippen molar-refractivity contribution in [2.75, 3.05) is 38.1 Å². The average Bonchev–Trinajstić information content (AvgIpc) is 3.03. The molecule has 168 valence electrons. The highest BCUT2D eigenvalue weighted by Gasteiger charge is 2.45. The molecule has 0 aliphatic carbocycles. The number of nitrogens with zero attached hydrogens (tertiary/aromatic N) is 2. The van der Waals surface area contributed by atoms with Crippen LogP contribution in [0.5, 0.6) is 11.5 Å². The first kappa shape index (κ1) is 23.0. The third kappa shape index (κ3) is 4.97. The molecule has 1 unspecified atom stereocenters. The minimum atomic E-state index is -0.957. The van der Waals surface area contributed by atoms with Gasteiger partial charge in [0.25, 0.3) is 5.91 Å². The average molecular weight is 458 g/mol. The molecule has 0 bridgehead atoms. The van der Waals surface area contributed by atoms with Crippen LogP contribution in [0.25, 0.3) is 0 Å². The summed E-state index contributed by atoms with van der Waals surface area (Å²) in [6.07, 6.45) is -0.200. The van der Waals surface area contributed by atoms with Crippen molar-refractivity contribution >= 4 is 46.5 Å². The van der Waals surface area contributed by atoms with Gasteiger partial charge >= 0.3 is 5.97 Å². The summed E-state index contributed by atoms with van der Waals surface area (Å²) >= 11 is 5.48. The van der Waals surface area contributed by atoms with Gasteiger partial charge in [0, 0.05) is 5.69 Å². The van der Waals surface area contributed by atoms with Crippen LogP contribution in [0.2, 0.25) is 0 Å². The topological polar surface area (TPSA) is 97.4 Å². The first-order chi connectivity index (χ1) is 15.4. The SMILES string of the molecule is COC(=O)CN1C(=S)N(c2ccc(OC)cc2)C(=O)C1CC(=O)Nc1ccc(OC)cc1. The summed E-state index contributed by atoms with van der Waals surface area (Å²) in [5.74, 6) is -0.110.